The third-order valence-electron chi connectivity index (χ3n) is 3.04. The Morgan fingerprint density at radius 3 is 2.61 bits per heavy atom. The molecule has 0 aliphatic carbocycles. The van der Waals surface area contributed by atoms with Gasteiger partial charge in [0, 0.05) is 6.54 Å². The standard InChI is InChI=1S/C14H22BrFN2/c1-3-18(4-2)9-5-8-17-11-12-6-7-14(16)13(15)10-12/h6-7,10,17H,3-5,8-9,11H2,1-2H3. The van der Waals surface area contributed by atoms with Crippen LogP contribution in [0, 0.1) is 5.82 Å². The van der Waals surface area contributed by atoms with Crippen molar-refractivity contribution >= 4 is 15.9 Å². The first kappa shape index (κ1) is 15.6. The molecule has 0 aliphatic heterocycles. The van der Waals surface area contributed by atoms with Crippen LogP contribution in [-0.2, 0) is 6.54 Å². The number of hydrogen-bond donors (Lipinski definition) is 1. The molecule has 1 N–H and O–H groups in total. The molecule has 0 saturated heterocycles. The Morgan fingerprint density at radius 1 is 1.28 bits per heavy atom. The SMILES string of the molecule is CCN(CC)CCCNCc1ccc(F)c(Br)c1. The van der Waals surface area contributed by atoms with Crippen LogP contribution < -0.4 is 5.32 Å². The zero-order chi connectivity index (χ0) is 13.4. The summed E-state index contributed by atoms with van der Waals surface area (Å²) in [6.45, 7) is 9.51. The van der Waals surface area contributed by atoms with Crippen molar-refractivity contribution < 1.29 is 4.39 Å². The molecule has 0 radical (unpaired) electrons. The van der Waals surface area contributed by atoms with Gasteiger partial charge in [0.25, 0.3) is 0 Å². The van der Waals surface area contributed by atoms with Crippen LogP contribution in [0.25, 0.3) is 0 Å². The van der Waals surface area contributed by atoms with Gasteiger partial charge in [0.2, 0.25) is 0 Å². The molecule has 1 aromatic rings. The zero-order valence-electron chi connectivity index (χ0n) is 11.2. The molecule has 1 rings (SSSR count). The van der Waals surface area contributed by atoms with E-state index in [0.29, 0.717) is 4.47 Å². The van der Waals surface area contributed by atoms with Crippen LogP contribution in [0.1, 0.15) is 25.8 Å². The average Bonchev–Trinajstić information content (AvgIpc) is 2.38. The van der Waals surface area contributed by atoms with Crippen LogP contribution in [0.5, 0.6) is 0 Å². The van der Waals surface area contributed by atoms with Crippen molar-refractivity contribution in [2.45, 2.75) is 26.8 Å². The molecule has 0 aromatic heterocycles. The molecular formula is C14H22BrFN2. The van der Waals surface area contributed by atoms with Crippen molar-refractivity contribution in [3.8, 4) is 0 Å². The zero-order valence-corrected chi connectivity index (χ0v) is 12.8. The minimum absolute atomic E-state index is 0.208. The molecule has 0 atom stereocenters. The topological polar surface area (TPSA) is 15.3 Å². The molecule has 0 saturated carbocycles. The van der Waals surface area contributed by atoms with E-state index in [2.05, 4.69) is 40.0 Å². The highest BCUT2D eigenvalue weighted by molar-refractivity contribution is 9.10. The van der Waals surface area contributed by atoms with Crippen molar-refractivity contribution in [2.75, 3.05) is 26.2 Å². The molecule has 102 valence electrons. The van der Waals surface area contributed by atoms with Crippen molar-refractivity contribution in [2.24, 2.45) is 0 Å². The summed E-state index contributed by atoms with van der Waals surface area (Å²) in [7, 11) is 0. The van der Waals surface area contributed by atoms with E-state index in [1.54, 1.807) is 0 Å². The summed E-state index contributed by atoms with van der Waals surface area (Å²) in [5.74, 6) is -0.208. The highest BCUT2D eigenvalue weighted by Crippen LogP contribution is 2.16. The fourth-order valence-electron chi connectivity index (χ4n) is 1.85. The van der Waals surface area contributed by atoms with Crippen LogP contribution in [0.4, 0.5) is 4.39 Å². The summed E-state index contributed by atoms with van der Waals surface area (Å²) in [5, 5.41) is 3.38. The lowest BCUT2D eigenvalue weighted by Crippen LogP contribution is -2.27. The second kappa shape index (κ2) is 8.62. The third-order valence-corrected chi connectivity index (χ3v) is 3.64. The Morgan fingerprint density at radius 2 is 2.00 bits per heavy atom. The number of benzene rings is 1. The van der Waals surface area contributed by atoms with Gasteiger partial charge in [-0.3, -0.25) is 0 Å². The molecule has 2 nitrogen and oxygen atoms in total. The van der Waals surface area contributed by atoms with Gasteiger partial charge in [0.05, 0.1) is 4.47 Å². The van der Waals surface area contributed by atoms with Crippen LogP contribution in [0.2, 0.25) is 0 Å². The van der Waals surface area contributed by atoms with Gasteiger partial charge < -0.3 is 10.2 Å². The summed E-state index contributed by atoms with van der Waals surface area (Å²) < 4.78 is 13.6. The van der Waals surface area contributed by atoms with Crippen LogP contribution in [0.15, 0.2) is 22.7 Å². The van der Waals surface area contributed by atoms with E-state index in [0.717, 1.165) is 44.7 Å². The van der Waals surface area contributed by atoms with Crippen LogP contribution >= 0.6 is 15.9 Å². The number of halogens is 2. The third kappa shape index (κ3) is 5.46. The van der Waals surface area contributed by atoms with Crippen molar-refractivity contribution in [1.82, 2.24) is 10.2 Å². The summed E-state index contributed by atoms with van der Waals surface area (Å²) in [6.07, 6.45) is 1.14. The Bertz CT molecular complexity index is 354. The molecular weight excluding hydrogens is 295 g/mol. The smallest absolute Gasteiger partial charge is 0.137 e. The normalized spacial score (nSPS) is 11.2. The molecule has 0 unspecified atom stereocenters. The lowest BCUT2D eigenvalue weighted by atomic mass is 10.2. The maximum Gasteiger partial charge on any atom is 0.137 e. The highest BCUT2D eigenvalue weighted by Gasteiger charge is 2.01. The Labute approximate surface area is 118 Å². The Kier molecular flexibility index (Phi) is 7.47. The Balaban J connectivity index is 2.19. The predicted molar refractivity (Wildman–Crippen MR) is 78.2 cm³/mol. The Hall–Kier alpha value is -0.450. The number of rotatable bonds is 8. The van der Waals surface area contributed by atoms with E-state index in [-0.39, 0.29) is 5.82 Å². The largest absolute Gasteiger partial charge is 0.313 e. The van der Waals surface area contributed by atoms with E-state index < -0.39 is 0 Å². The van der Waals surface area contributed by atoms with E-state index in [1.165, 1.54) is 6.07 Å². The van der Waals surface area contributed by atoms with Crippen LogP contribution in [0.3, 0.4) is 0 Å². The molecule has 1 aromatic carbocycles. The molecule has 0 aliphatic rings. The first-order chi connectivity index (χ1) is 8.67. The van der Waals surface area contributed by atoms with E-state index in [9.17, 15) is 4.39 Å². The maximum atomic E-state index is 13.0. The van der Waals surface area contributed by atoms with Gasteiger partial charge in [-0.05, 0) is 66.2 Å². The lowest BCUT2D eigenvalue weighted by molar-refractivity contribution is 0.298. The number of nitrogens with one attached hydrogen (secondary N) is 1. The number of hydrogen-bond acceptors (Lipinski definition) is 2. The lowest BCUT2D eigenvalue weighted by Gasteiger charge is -2.17. The molecule has 4 heteroatoms. The average molecular weight is 317 g/mol. The molecule has 0 heterocycles. The summed E-state index contributed by atoms with van der Waals surface area (Å²) in [6, 6.07) is 5.14. The predicted octanol–water partition coefficient (Wildman–Crippen LogP) is 3.41. The molecule has 0 fully saturated rings. The van der Waals surface area contributed by atoms with Crippen molar-refractivity contribution in [3.05, 3.63) is 34.1 Å². The van der Waals surface area contributed by atoms with Crippen molar-refractivity contribution in [1.29, 1.82) is 0 Å². The fourth-order valence-corrected chi connectivity index (χ4v) is 2.28. The molecule has 0 bridgehead atoms. The summed E-state index contributed by atoms with van der Waals surface area (Å²) in [4.78, 5) is 2.41. The monoisotopic (exact) mass is 316 g/mol. The summed E-state index contributed by atoms with van der Waals surface area (Å²) in [5.41, 5.74) is 1.10. The van der Waals surface area contributed by atoms with E-state index in [4.69, 9.17) is 0 Å². The van der Waals surface area contributed by atoms with Gasteiger partial charge in [-0.1, -0.05) is 19.9 Å². The maximum absolute atomic E-state index is 13.0. The van der Waals surface area contributed by atoms with Gasteiger partial charge in [-0.2, -0.15) is 0 Å². The van der Waals surface area contributed by atoms with Crippen molar-refractivity contribution in [3.63, 3.8) is 0 Å². The highest BCUT2D eigenvalue weighted by atomic mass is 79.9. The number of nitrogens with zero attached hydrogens (tertiary/aromatic N) is 1. The van der Waals surface area contributed by atoms with E-state index >= 15 is 0 Å². The summed E-state index contributed by atoms with van der Waals surface area (Å²) >= 11 is 3.20. The molecule has 0 amide bonds. The minimum Gasteiger partial charge on any atom is -0.313 e. The van der Waals surface area contributed by atoms with Gasteiger partial charge in [0.1, 0.15) is 5.82 Å². The quantitative estimate of drug-likeness (QED) is 0.739. The van der Waals surface area contributed by atoms with Crippen LogP contribution in [-0.4, -0.2) is 31.1 Å². The second-order valence-corrected chi connectivity index (χ2v) is 5.16. The fraction of sp³-hybridized carbons (Fsp3) is 0.571. The van der Waals surface area contributed by atoms with Gasteiger partial charge in [-0.25, -0.2) is 4.39 Å². The van der Waals surface area contributed by atoms with E-state index in [1.807, 2.05) is 12.1 Å². The first-order valence-electron chi connectivity index (χ1n) is 6.54. The van der Waals surface area contributed by atoms with Gasteiger partial charge in [0.15, 0.2) is 0 Å². The minimum atomic E-state index is -0.208. The molecule has 18 heavy (non-hydrogen) atoms. The van der Waals surface area contributed by atoms with Gasteiger partial charge in [-0.15, -0.1) is 0 Å². The van der Waals surface area contributed by atoms with Gasteiger partial charge >= 0.3 is 0 Å². The molecule has 0 spiro atoms. The first-order valence-corrected chi connectivity index (χ1v) is 7.33. The second-order valence-electron chi connectivity index (χ2n) is 4.31.